The van der Waals surface area contributed by atoms with Crippen LogP contribution in [0.5, 0.6) is 0 Å². The molecule has 142 valence electrons. The van der Waals surface area contributed by atoms with Crippen molar-refractivity contribution >= 4 is 33.1 Å². The third kappa shape index (κ3) is 4.48. The van der Waals surface area contributed by atoms with Gasteiger partial charge in [-0.3, -0.25) is 19.6 Å². The van der Waals surface area contributed by atoms with E-state index in [1.54, 1.807) is 12.1 Å². The highest BCUT2D eigenvalue weighted by Crippen LogP contribution is 2.18. The molecule has 2 aromatic carbocycles. The van der Waals surface area contributed by atoms with Gasteiger partial charge in [0.15, 0.2) is 0 Å². The van der Waals surface area contributed by atoms with Gasteiger partial charge in [0.05, 0.1) is 9.82 Å². The standard InChI is InChI=1S/C18H14N4O5S/c23-18(13-4-8-15(9-5-13)22(24)25)20-14-6-10-16(11-7-14)28(26,27)21-17-3-1-2-12-19-17/h1-12H,(H,19,21)(H,20,23). The third-order valence-electron chi connectivity index (χ3n) is 3.67. The molecule has 0 unspecified atom stereocenters. The van der Waals surface area contributed by atoms with Crippen LogP contribution in [-0.4, -0.2) is 24.2 Å². The van der Waals surface area contributed by atoms with Gasteiger partial charge >= 0.3 is 0 Å². The minimum Gasteiger partial charge on any atom is -0.322 e. The Kier molecular flexibility index (Phi) is 5.32. The fourth-order valence-electron chi connectivity index (χ4n) is 2.27. The average molecular weight is 398 g/mol. The van der Waals surface area contributed by atoms with E-state index in [1.165, 1.54) is 60.8 Å². The molecule has 0 bridgehead atoms. The Morgan fingerprint density at radius 2 is 1.64 bits per heavy atom. The highest BCUT2D eigenvalue weighted by atomic mass is 32.2. The number of nitrogens with one attached hydrogen (secondary N) is 2. The van der Waals surface area contributed by atoms with Crippen LogP contribution in [0.2, 0.25) is 0 Å². The van der Waals surface area contributed by atoms with E-state index in [9.17, 15) is 23.3 Å². The predicted octanol–water partition coefficient (Wildman–Crippen LogP) is 3.04. The molecule has 0 spiro atoms. The molecule has 0 aliphatic carbocycles. The number of aromatic nitrogens is 1. The summed E-state index contributed by atoms with van der Waals surface area (Å²) in [6, 6.07) is 15.5. The van der Waals surface area contributed by atoms with Crippen LogP contribution >= 0.6 is 0 Å². The van der Waals surface area contributed by atoms with Crippen molar-refractivity contribution in [2.45, 2.75) is 4.90 Å². The van der Waals surface area contributed by atoms with Crippen LogP contribution in [0.3, 0.4) is 0 Å². The van der Waals surface area contributed by atoms with E-state index in [-0.39, 0.29) is 22.0 Å². The van der Waals surface area contributed by atoms with Gasteiger partial charge in [-0.1, -0.05) is 6.07 Å². The van der Waals surface area contributed by atoms with Gasteiger partial charge in [0.1, 0.15) is 5.82 Å². The van der Waals surface area contributed by atoms with E-state index in [2.05, 4.69) is 15.0 Å². The first kappa shape index (κ1) is 19.0. The molecule has 0 aliphatic heterocycles. The number of anilines is 2. The molecule has 3 rings (SSSR count). The number of sulfonamides is 1. The van der Waals surface area contributed by atoms with Crippen LogP contribution in [0, 0.1) is 10.1 Å². The SMILES string of the molecule is O=C(Nc1ccc(S(=O)(=O)Nc2ccccn2)cc1)c1ccc([N+](=O)[O-])cc1. The number of nitro groups is 1. The molecule has 0 saturated heterocycles. The van der Waals surface area contributed by atoms with E-state index in [0.29, 0.717) is 5.69 Å². The average Bonchev–Trinajstić information content (AvgIpc) is 2.69. The predicted molar refractivity (Wildman–Crippen MR) is 103 cm³/mol. The number of amides is 1. The molecular weight excluding hydrogens is 384 g/mol. The lowest BCUT2D eigenvalue weighted by molar-refractivity contribution is -0.384. The monoisotopic (exact) mass is 398 g/mol. The molecule has 0 aliphatic rings. The Hall–Kier alpha value is -3.79. The maximum Gasteiger partial charge on any atom is 0.269 e. The van der Waals surface area contributed by atoms with E-state index < -0.39 is 20.9 Å². The zero-order chi connectivity index (χ0) is 20.1. The molecule has 28 heavy (non-hydrogen) atoms. The first-order chi connectivity index (χ1) is 13.3. The van der Waals surface area contributed by atoms with Crippen LogP contribution in [0.4, 0.5) is 17.2 Å². The van der Waals surface area contributed by atoms with E-state index in [1.807, 2.05) is 0 Å². The van der Waals surface area contributed by atoms with Gasteiger partial charge in [-0.25, -0.2) is 13.4 Å². The molecule has 0 saturated carbocycles. The number of benzene rings is 2. The summed E-state index contributed by atoms with van der Waals surface area (Å²) in [6.07, 6.45) is 1.47. The van der Waals surface area contributed by atoms with Crippen LogP contribution in [-0.2, 0) is 10.0 Å². The number of hydrogen-bond donors (Lipinski definition) is 2. The first-order valence-corrected chi connectivity index (χ1v) is 9.43. The fourth-order valence-corrected chi connectivity index (χ4v) is 3.28. The molecule has 2 N–H and O–H groups in total. The van der Waals surface area contributed by atoms with Crippen molar-refractivity contribution in [3.8, 4) is 0 Å². The molecule has 0 atom stereocenters. The molecular formula is C18H14N4O5S. The Morgan fingerprint density at radius 1 is 0.964 bits per heavy atom. The molecule has 1 heterocycles. The summed E-state index contributed by atoms with van der Waals surface area (Å²) in [4.78, 5) is 26.2. The smallest absolute Gasteiger partial charge is 0.269 e. The van der Waals surface area contributed by atoms with Gasteiger partial charge in [-0.15, -0.1) is 0 Å². The van der Waals surface area contributed by atoms with Gasteiger partial charge < -0.3 is 5.32 Å². The van der Waals surface area contributed by atoms with Crippen molar-refractivity contribution in [2.75, 3.05) is 10.0 Å². The molecule has 10 heteroatoms. The zero-order valence-electron chi connectivity index (χ0n) is 14.3. The maximum absolute atomic E-state index is 12.4. The van der Waals surface area contributed by atoms with Crippen LogP contribution in [0.15, 0.2) is 77.8 Å². The second-order valence-electron chi connectivity index (χ2n) is 5.60. The van der Waals surface area contributed by atoms with Crippen molar-refractivity contribution in [1.82, 2.24) is 4.98 Å². The minimum absolute atomic E-state index is 0.00601. The number of pyridine rings is 1. The summed E-state index contributed by atoms with van der Waals surface area (Å²) in [5.74, 6) is -0.282. The number of nitro benzene ring substituents is 1. The van der Waals surface area contributed by atoms with Crippen molar-refractivity contribution in [3.05, 3.63) is 88.6 Å². The lowest BCUT2D eigenvalue weighted by Crippen LogP contribution is -2.14. The fraction of sp³-hybridized carbons (Fsp3) is 0. The maximum atomic E-state index is 12.4. The summed E-state index contributed by atoms with van der Waals surface area (Å²) in [7, 11) is -3.81. The van der Waals surface area contributed by atoms with Crippen molar-refractivity contribution in [2.24, 2.45) is 0 Å². The van der Waals surface area contributed by atoms with Crippen LogP contribution < -0.4 is 10.0 Å². The van der Waals surface area contributed by atoms with Crippen molar-refractivity contribution < 1.29 is 18.1 Å². The normalized spacial score (nSPS) is 10.9. The van der Waals surface area contributed by atoms with E-state index >= 15 is 0 Å². The number of carbonyl (C=O) groups is 1. The number of non-ortho nitro benzene ring substituents is 1. The van der Waals surface area contributed by atoms with E-state index in [0.717, 1.165) is 0 Å². The van der Waals surface area contributed by atoms with Gasteiger partial charge in [-0.05, 0) is 48.5 Å². The topological polar surface area (TPSA) is 131 Å². The molecule has 3 aromatic rings. The zero-order valence-corrected chi connectivity index (χ0v) is 15.1. The lowest BCUT2D eigenvalue weighted by atomic mass is 10.2. The highest BCUT2D eigenvalue weighted by Gasteiger charge is 2.15. The summed E-state index contributed by atoms with van der Waals surface area (Å²) in [6.45, 7) is 0. The second kappa shape index (κ2) is 7.84. The number of nitrogens with zero attached hydrogens (tertiary/aromatic N) is 2. The first-order valence-electron chi connectivity index (χ1n) is 7.95. The van der Waals surface area contributed by atoms with E-state index in [4.69, 9.17) is 0 Å². The molecule has 0 fully saturated rings. The molecule has 0 radical (unpaired) electrons. The molecule has 1 amide bonds. The van der Waals surface area contributed by atoms with Crippen molar-refractivity contribution in [3.63, 3.8) is 0 Å². The highest BCUT2D eigenvalue weighted by molar-refractivity contribution is 7.92. The quantitative estimate of drug-likeness (QED) is 0.485. The molecule has 1 aromatic heterocycles. The number of carbonyl (C=O) groups excluding carboxylic acids is 1. The Balaban J connectivity index is 1.70. The van der Waals surface area contributed by atoms with Gasteiger partial charge in [0.2, 0.25) is 0 Å². The number of rotatable bonds is 6. The minimum atomic E-state index is -3.81. The summed E-state index contributed by atoms with van der Waals surface area (Å²) in [5.41, 5.74) is 0.491. The van der Waals surface area contributed by atoms with Gasteiger partial charge in [0, 0.05) is 29.6 Å². The Labute approximate surface area is 160 Å². The van der Waals surface area contributed by atoms with Crippen LogP contribution in [0.25, 0.3) is 0 Å². The summed E-state index contributed by atoms with van der Waals surface area (Å²) in [5, 5.41) is 13.2. The van der Waals surface area contributed by atoms with Crippen molar-refractivity contribution in [1.29, 1.82) is 0 Å². The molecule has 9 nitrogen and oxygen atoms in total. The summed E-state index contributed by atoms with van der Waals surface area (Å²) < 4.78 is 27.1. The Morgan fingerprint density at radius 3 is 2.21 bits per heavy atom. The summed E-state index contributed by atoms with van der Waals surface area (Å²) >= 11 is 0. The number of hydrogen-bond acceptors (Lipinski definition) is 6. The van der Waals surface area contributed by atoms with Gasteiger partial charge in [0.25, 0.3) is 21.6 Å². The van der Waals surface area contributed by atoms with Crippen LogP contribution in [0.1, 0.15) is 10.4 Å². The second-order valence-corrected chi connectivity index (χ2v) is 7.29. The largest absolute Gasteiger partial charge is 0.322 e. The third-order valence-corrected chi connectivity index (χ3v) is 5.04. The lowest BCUT2D eigenvalue weighted by Gasteiger charge is -2.09. The Bertz CT molecular complexity index is 1100. The van der Waals surface area contributed by atoms with Gasteiger partial charge in [-0.2, -0.15) is 0 Å².